The summed E-state index contributed by atoms with van der Waals surface area (Å²) in [4.78, 5) is 36.5. The molecule has 9 heteroatoms. The van der Waals surface area contributed by atoms with Crippen molar-refractivity contribution in [3.8, 4) is 11.1 Å². The number of carbonyl (C=O) groups excluding carboxylic acids is 2. The van der Waals surface area contributed by atoms with Crippen LogP contribution in [0.1, 0.15) is 46.9 Å². The van der Waals surface area contributed by atoms with Gasteiger partial charge in [-0.1, -0.05) is 53.7 Å². The van der Waals surface area contributed by atoms with Crippen LogP contribution >= 0.6 is 0 Å². The van der Waals surface area contributed by atoms with Crippen LogP contribution in [0.2, 0.25) is 0 Å². The van der Waals surface area contributed by atoms with Gasteiger partial charge in [0, 0.05) is 24.4 Å². The summed E-state index contributed by atoms with van der Waals surface area (Å²) in [6, 6.07) is 14.9. The number of aromatic nitrogens is 1. The molecule has 2 aromatic carbocycles. The van der Waals surface area contributed by atoms with E-state index < -0.39 is 24.0 Å². The number of alkyl carbamates (subject to hydrolysis) is 1. The largest absolute Gasteiger partial charge is 0.481 e. The Labute approximate surface area is 202 Å². The van der Waals surface area contributed by atoms with Crippen molar-refractivity contribution in [2.45, 2.75) is 45.2 Å². The van der Waals surface area contributed by atoms with Gasteiger partial charge >= 0.3 is 12.1 Å². The first-order chi connectivity index (χ1) is 16.8. The highest BCUT2D eigenvalue weighted by molar-refractivity contribution is 5.86. The van der Waals surface area contributed by atoms with Gasteiger partial charge in [-0.15, -0.1) is 0 Å². The standard InChI is InChI=1S/C26H27N3O6/c1-15-21(16(2)35-29-15)13-27-25(32)23(11-12-24(30)31)28-26(33)34-14-22-19-9-5-3-7-17(19)18-8-4-6-10-20(18)22/h3-10,22-23H,11-14H2,1-2H3,(H,27,32)(H,28,33)(H,30,31). The van der Waals surface area contributed by atoms with Gasteiger partial charge in [0.1, 0.15) is 18.4 Å². The first-order valence-corrected chi connectivity index (χ1v) is 11.4. The number of aliphatic carboxylic acids is 1. The average Bonchev–Trinajstić information content (AvgIpc) is 3.34. The van der Waals surface area contributed by atoms with E-state index in [1.807, 2.05) is 48.5 Å². The summed E-state index contributed by atoms with van der Waals surface area (Å²) in [6.45, 7) is 3.73. The van der Waals surface area contributed by atoms with Gasteiger partial charge in [0.05, 0.1) is 5.69 Å². The third-order valence-electron chi connectivity index (χ3n) is 6.22. The highest BCUT2D eigenvalue weighted by Crippen LogP contribution is 2.44. The van der Waals surface area contributed by atoms with Crippen LogP contribution in [0.4, 0.5) is 4.79 Å². The third kappa shape index (κ3) is 5.34. The molecule has 1 aliphatic rings. The number of carbonyl (C=O) groups is 3. The summed E-state index contributed by atoms with van der Waals surface area (Å²) in [5.74, 6) is -1.13. The number of amides is 2. The van der Waals surface area contributed by atoms with E-state index in [9.17, 15) is 14.4 Å². The predicted molar refractivity (Wildman–Crippen MR) is 127 cm³/mol. The number of carboxylic acid groups (broad SMARTS) is 1. The van der Waals surface area contributed by atoms with E-state index >= 15 is 0 Å². The van der Waals surface area contributed by atoms with Gasteiger partial charge < -0.3 is 25.0 Å². The first-order valence-electron chi connectivity index (χ1n) is 11.4. The Morgan fingerprint density at radius 3 is 2.26 bits per heavy atom. The van der Waals surface area contributed by atoms with Crippen LogP contribution in [0.25, 0.3) is 11.1 Å². The van der Waals surface area contributed by atoms with Crippen LogP contribution in [0.5, 0.6) is 0 Å². The maximum absolute atomic E-state index is 12.8. The minimum Gasteiger partial charge on any atom is -0.481 e. The third-order valence-corrected chi connectivity index (χ3v) is 6.22. The van der Waals surface area contributed by atoms with Crippen molar-refractivity contribution >= 4 is 18.0 Å². The number of carboxylic acids is 1. The molecule has 3 aromatic rings. The minimum atomic E-state index is -1.07. The summed E-state index contributed by atoms with van der Waals surface area (Å²) < 4.78 is 10.6. The lowest BCUT2D eigenvalue weighted by Gasteiger charge is -2.19. The number of nitrogens with one attached hydrogen (secondary N) is 2. The number of ether oxygens (including phenoxy) is 1. The van der Waals surface area contributed by atoms with Crippen molar-refractivity contribution in [2.75, 3.05) is 6.61 Å². The molecule has 1 atom stereocenters. The Kier molecular flexibility index (Phi) is 7.14. The second kappa shape index (κ2) is 10.4. The molecule has 0 fully saturated rings. The van der Waals surface area contributed by atoms with Crippen molar-refractivity contribution in [1.82, 2.24) is 15.8 Å². The number of benzene rings is 2. The fourth-order valence-corrected chi connectivity index (χ4v) is 4.37. The fourth-order valence-electron chi connectivity index (χ4n) is 4.37. The van der Waals surface area contributed by atoms with Crippen LogP contribution in [-0.2, 0) is 20.9 Å². The first kappa shape index (κ1) is 24.0. The lowest BCUT2D eigenvalue weighted by Crippen LogP contribution is -2.47. The molecule has 0 spiro atoms. The number of hydrogen-bond acceptors (Lipinski definition) is 6. The molecule has 0 aliphatic heterocycles. The van der Waals surface area contributed by atoms with Crippen molar-refractivity contribution in [3.63, 3.8) is 0 Å². The summed E-state index contributed by atoms with van der Waals surface area (Å²) in [5, 5.41) is 18.2. The van der Waals surface area contributed by atoms with Crippen LogP contribution in [0.3, 0.4) is 0 Å². The Morgan fingerprint density at radius 1 is 1.06 bits per heavy atom. The molecule has 9 nitrogen and oxygen atoms in total. The van der Waals surface area contributed by atoms with E-state index in [0.29, 0.717) is 11.5 Å². The molecule has 35 heavy (non-hydrogen) atoms. The maximum atomic E-state index is 12.8. The van der Waals surface area contributed by atoms with E-state index in [2.05, 4.69) is 15.8 Å². The predicted octanol–water partition coefficient (Wildman–Crippen LogP) is 3.68. The fraction of sp³-hybridized carbons (Fsp3) is 0.308. The Morgan fingerprint density at radius 2 is 1.69 bits per heavy atom. The lowest BCUT2D eigenvalue weighted by molar-refractivity contribution is -0.137. The Hall–Kier alpha value is -4.14. The molecule has 0 saturated carbocycles. The zero-order valence-electron chi connectivity index (χ0n) is 19.5. The van der Waals surface area contributed by atoms with E-state index in [1.54, 1.807) is 13.8 Å². The molecule has 1 unspecified atom stereocenters. The highest BCUT2D eigenvalue weighted by Gasteiger charge is 2.30. The smallest absolute Gasteiger partial charge is 0.407 e. The molecular weight excluding hydrogens is 450 g/mol. The van der Waals surface area contributed by atoms with Crippen molar-refractivity contribution < 1.29 is 28.8 Å². The number of aryl methyl sites for hydroxylation is 2. The summed E-state index contributed by atoms with van der Waals surface area (Å²) in [7, 11) is 0. The number of nitrogens with zero attached hydrogens (tertiary/aromatic N) is 1. The summed E-state index contributed by atoms with van der Waals surface area (Å²) in [5.41, 5.74) is 5.73. The van der Waals surface area contributed by atoms with Gasteiger partial charge in [0.15, 0.2) is 0 Å². The molecule has 0 radical (unpaired) electrons. The Balaban J connectivity index is 1.40. The molecule has 0 bridgehead atoms. The van der Waals surface area contributed by atoms with Crippen molar-refractivity contribution in [2.24, 2.45) is 0 Å². The van der Waals surface area contributed by atoms with Gasteiger partial charge in [0.2, 0.25) is 5.91 Å². The lowest BCUT2D eigenvalue weighted by atomic mass is 9.98. The van der Waals surface area contributed by atoms with Gasteiger partial charge in [-0.05, 0) is 42.5 Å². The molecule has 4 rings (SSSR count). The SMILES string of the molecule is Cc1noc(C)c1CNC(=O)C(CCC(=O)O)NC(=O)OCC1c2ccccc2-c2ccccc21. The molecule has 182 valence electrons. The van der Waals surface area contributed by atoms with E-state index in [-0.39, 0.29) is 31.9 Å². The Bertz CT molecular complexity index is 1190. The van der Waals surface area contributed by atoms with Crippen molar-refractivity contribution in [1.29, 1.82) is 0 Å². The number of rotatable bonds is 9. The molecular formula is C26H27N3O6. The number of hydrogen-bond donors (Lipinski definition) is 3. The normalized spacial score (nSPS) is 13.0. The van der Waals surface area contributed by atoms with Crippen LogP contribution < -0.4 is 10.6 Å². The van der Waals surface area contributed by atoms with E-state index in [4.69, 9.17) is 14.4 Å². The maximum Gasteiger partial charge on any atom is 0.407 e. The van der Waals surface area contributed by atoms with Crippen LogP contribution in [0, 0.1) is 13.8 Å². The zero-order chi connectivity index (χ0) is 24.9. The average molecular weight is 478 g/mol. The molecule has 1 aromatic heterocycles. The minimum absolute atomic E-state index is 0.0764. The monoisotopic (exact) mass is 477 g/mol. The second-order valence-corrected chi connectivity index (χ2v) is 8.48. The quantitative estimate of drug-likeness (QED) is 0.428. The zero-order valence-corrected chi connectivity index (χ0v) is 19.5. The van der Waals surface area contributed by atoms with Crippen LogP contribution in [0.15, 0.2) is 53.1 Å². The number of fused-ring (bicyclic) bond motifs is 3. The van der Waals surface area contributed by atoms with Crippen LogP contribution in [-0.4, -0.2) is 40.9 Å². The summed E-state index contributed by atoms with van der Waals surface area (Å²) in [6.07, 6.45) is -1.14. The van der Waals surface area contributed by atoms with E-state index in [1.165, 1.54) is 0 Å². The summed E-state index contributed by atoms with van der Waals surface area (Å²) >= 11 is 0. The molecule has 1 heterocycles. The topological polar surface area (TPSA) is 131 Å². The van der Waals surface area contributed by atoms with E-state index in [0.717, 1.165) is 27.8 Å². The highest BCUT2D eigenvalue weighted by atomic mass is 16.5. The molecule has 1 aliphatic carbocycles. The molecule has 2 amide bonds. The van der Waals surface area contributed by atoms with Gasteiger partial charge in [-0.3, -0.25) is 9.59 Å². The molecule has 3 N–H and O–H groups in total. The molecule has 0 saturated heterocycles. The van der Waals surface area contributed by atoms with Gasteiger partial charge in [0.25, 0.3) is 0 Å². The van der Waals surface area contributed by atoms with Gasteiger partial charge in [-0.2, -0.15) is 0 Å². The second-order valence-electron chi connectivity index (χ2n) is 8.48. The van der Waals surface area contributed by atoms with Crippen molar-refractivity contribution in [3.05, 3.63) is 76.7 Å². The van der Waals surface area contributed by atoms with Gasteiger partial charge in [-0.25, -0.2) is 4.79 Å².